The van der Waals surface area contributed by atoms with Gasteiger partial charge in [0.1, 0.15) is 6.54 Å². The number of hydrogen-bond acceptors (Lipinski definition) is 4. The second-order valence-electron chi connectivity index (χ2n) is 5.35. The molecule has 0 aliphatic rings. The summed E-state index contributed by atoms with van der Waals surface area (Å²) in [7, 11) is 6.68. The van der Waals surface area contributed by atoms with Crippen LogP contribution in [0, 0.1) is 0 Å². The normalized spacial score (nSPS) is 10.5. The average Bonchev–Trinajstić information content (AvgIpc) is 2.58. The second-order valence-corrected chi connectivity index (χ2v) is 5.35. The molecule has 0 aliphatic carbocycles. The number of carbonyl (C=O) groups excluding carboxylic acids is 1. The van der Waals surface area contributed by atoms with Gasteiger partial charge < -0.3 is 25.0 Å². The Kier molecular flexibility index (Phi) is 11.8. The first kappa shape index (κ1) is 23.3. The lowest BCUT2D eigenvalue weighted by Gasteiger charge is -2.13. The fraction of sp³-hybridized carbons (Fsp3) is 0.529. The zero-order valence-electron chi connectivity index (χ0n) is 15.6. The van der Waals surface area contributed by atoms with Crippen molar-refractivity contribution in [1.82, 2.24) is 15.5 Å². The van der Waals surface area contributed by atoms with Crippen LogP contribution in [-0.4, -0.2) is 64.7 Å². The van der Waals surface area contributed by atoms with E-state index in [1.165, 1.54) is 4.90 Å². The molecule has 0 unspecified atom stereocenters. The van der Waals surface area contributed by atoms with Crippen molar-refractivity contribution >= 4 is 35.8 Å². The van der Waals surface area contributed by atoms with Crippen LogP contribution < -0.4 is 20.1 Å². The molecule has 1 aromatic rings. The molecule has 25 heavy (non-hydrogen) atoms. The molecule has 1 amide bonds. The van der Waals surface area contributed by atoms with Crippen molar-refractivity contribution in [2.75, 3.05) is 47.9 Å². The molecule has 142 valence electrons. The van der Waals surface area contributed by atoms with Crippen molar-refractivity contribution in [3.8, 4) is 11.5 Å². The van der Waals surface area contributed by atoms with Crippen LogP contribution in [0.1, 0.15) is 12.5 Å². The van der Waals surface area contributed by atoms with Crippen molar-refractivity contribution in [2.24, 2.45) is 4.99 Å². The van der Waals surface area contributed by atoms with E-state index in [9.17, 15) is 4.79 Å². The summed E-state index contributed by atoms with van der Waals surface area (Å²) in [6.07, 6.45) is 0.798. The number of halogens is 1. The Bertz CT molecular complexity index is 565. The van der Waals surface area contributed by atoms with Gasteiger partial charge in [0.15, 0.2) is 17.5 Å². The SMILES string of the molecule is CCNC(=NCC(=O)N(C)C)NCCc1ccc(OC)c(OC)c1.I. The standard InChI is InChI=1S/C17H28N4O3.HI/c1-6-18-17(20-12-16(22)21(2)3)19-10-9-13-7-8-14(23-4)15(11-13)24-5;/h7-8,11H,6,9-10,12H2,1-5H3,(H2,18,19,20);1H. The van der Waals surface area contributed by atoms with Crippen LogP contribution in [0.4, 0.5) is 0 Å². The molecule has 0 aromatic heterocycles. The number of amides is 1. The third kappa shape index (κ3) is 8.28. The summed E-state index contributed by atoms with van der Waals surface area (Å²) in [5, 5.41) is 6.35. The Morgan fingerprint density at radius 2 is 1.84 bits per heavy atom. The first-order chi connectivity index (χ1) is 11.5. The van der Waals surface area contributed by atoms with Crippen LogP contribution in [0.3, 0.4) is 0 Å². The van der Waals surface area contributed by atoms with E-state index in [0.29, 0.717) is 24.0 Å². The molecule has 1 aromatic carbocycles. The highest BCUT2D eigenvalue weighted by Gasteiger charge is 2.06. The largest absolute Gasteiger partial charge is 0.493 e. The van der Waals surface area contributed by atoms with Gasteiger partial charge in [-0.15, -0.1) is 24.0 Å². The third-order valence-electron chi connectivity index (χ3n) is 3.37. The van der Waals surface area contributed by atoms with Gasteiger partial charge in [0, 0.05) is 27.2 Å². The van der Waals surface area contributed by atoms with E-state index in [4.69, 9.17) is 9.47 Å². The quantitative estimate of drug-likeness (QED) is 0.347. The first-order valence-corrected chi connectivity index (χ1v) is 7.95. The lowest BCUT2D eigenvalue weighted by Crippen LogP contribution is -2.39. The van der Waals surface area contributed by atoms with Crippen molar-refractivity contribution in [1.29, 1.82) is 0 Å². The fourth-order valence-corrected chi connectivity index (χ4v) is 1.99. The molecule has 0 atom stereocenters. The van der Waals surface area contributed by atoms with Gasteiger partial charge in [-0.3, -0.25) is 4.79 Å². The number of guanidine groups is 1. The van der Waals surface area contributed by atoms with E-state index < -0.39 is 0 Å². The molecule has 7 nitrogen and oxygen atoms in total. The number of hydrogen-bond donors (Lipinski definition) is 2. The van der Waals surface area contributed by atoms with Crippen molar-refractivity contribution in [3.63, 3.8) is 0 Å². The number of rotatable bonds is 8. The highest BCUT2D eigenvalue weighted by molar-refractivity contribution is 14.0. The molecule has 0 radical (unpaired) electrons. The molecule has 0 aliphatic heterocycles. The number of likely N-dealkylation sites (N-methyl/N-ethyl adjacent to an activating group) is 1. The number of benzene rings is 1. The summed E-state index contributed by atoms with van der Waals surface area (Å²) in [6, 6.07) is 5.85. The van der Waals surface area contributed by atoms with E-state index in [-0.39, 0.29) is 36.4 Å². The maximum Gasteiger partial charge on any atom is 0.243 e. The number of ether oxygens (including phenoxy) is 2. The minimum atomic E-state index is -0.0351. The molecular weight excluding hydrogens is 435 g/mol. The Hall–Kier alpha value is -1.71. The summed E-state index contributed by atoms with van der Waals surface area (Å²) >= 11 is 0. The highest BCUT2D eigenvalue weighted by atomic mass is 127. The Labute approximate surface area is 167 Å². The van der Waals surface area contributed by atoms with Crippen LogP contribution in [0.15, 0.2) is 23.2 Å². The number of nitrogens with one attached hydrogen (secondary N) is 2. The van der Waals surface area contributed by atoms with E-state index in [0.717, 1.165) is 18.5 Å². The lowest BCUT2D eigenvalue weighted by atomic mass is 10.1. The first-order valence-electron chi connectivity index (χ1n) is 7.95. The summed E-state index contributed by atoms with van der Waals surface area (Å²) in [6.45, 7) is 3.54. The van der Waals surface area contributed by atoms with E-state index in [1.807, 2.05) is 25.1 Å². The topological polar surface area (TPSA) is 75.2 Å². The van der Waals surface area contributed by atoms with Gasteiger partial charge in [-0.25, -0.2) is 4.99 Å². The molecule has 1 rings (SSSR count). The van der Waals surface area contributed by atoms with Crippen molar-refractivity contribution in [2.45, 2.75) is 13.3 Å². The molecular formula is C17H29IN4O3. The van der Waals surface area contributed by atoms with Crippen molar-refractivity contribution < 1.29 is 14.3 Å². The van der Waals surface area contributed by atoms with E-state index in [1.54, 1.807) is 28.3 Å². The van der Waals surface area contributed by atoms with Gasteiger partial charge in [-0.1, -0.05) is 6.07 Å². The number of nitrogens with zero attached hydrogens (tertiary/aromatic N) is 2. The second kappa shape index (κ2) is 12.6. The molecule has 0 saturated heterocycles. The van der Waals surface area contributed by atoms with Crippen LogP contribution in [0.25, 0.3) is 0 Å². The fourth-order valence-electron chi connectivity index (χ4n) is 1.99. The van der Waals surface area contributed by atoms with Gasteiger partial charge in [-0.2, -0.15) is 0 Å². The molecule has 0 heterocycles. The minimum Gasteiger partial charge on any atom is -0.493 e. The van der Waals surface area contributed by atoms with Gasteiger partial charge in [0.05, 0.1) is 14.2 Å². The molecule has 2 N–H and O–H groups in total. The maximum absolute atomic E-state index is 11.6. The summed E-state index contributed by atoms with van der Waals surface area (Å²) in [4.78, 5) is 17.4. The highest BCUT2D eigenvalue weighted by Crippen LogP contribution is 2.27. The predicted octanol–water partition coefficient (Wildman–Crippen LogP) is 1.51. The van der Waals surface area contributed by atoms with Crippen LogP contribution in [0.2, 0.25) is 0 Å². The Morgan fingerprint density at radius 3 is 2.40 bits per heavy atom. The number of carbonyl (C=O) groups is 1. The van der Waals surface area contributed by atoms with Gasteiger partial charge in [0.25, 0.3) is 0 Å². The van der Waals surface area contributed by atoms with Gasteiger partial charge >= 0.3 is 0 Å². The van der Waals surface area contributed by atoms with Crippen molar-refractivity contribution in [3.05, 3.63) is 23.8 Å². The van der Waals surface area contributed by atoms with Gasteiger partial charge in [0.2, 0.25) is 5.91 Å². The van der Waals surface area contributed by atoms with Gasteiger partial charge in [-0.05, 0) is 31.0 Å². The smallest absolute Gasteiger partial charge is 0.243 e. The minimum absolute atomic E-state index is 0. The maximum atomic E-state index is 11.6. The summed E-state index contributed by atoms with van der Waals surface area (Å²) in [5.41, 5.74) is 1.13. The zero-order valence-corrected chi connectivity index (χ0v) is 17.9. The molecule has 0 spiro atoms. The lowest BCUT2D eigenvalue weighted by molar-refractivity contribution is -0.127. The predicted molar refractivity (Wildman–Crippen MR) is 111 cm³/mol. The monoisotopic (exact) mass is 464 g/mol. The third-order valence-corrected chi connectivity index (χ3v) is 3.37. The molecule has 0 bridgehead atoms. The summed E-state index contributed by atoms with van der Waals surface area (Å²) in [5.74, 6) is 2.03. The Balaban J connectivity index is 0.00000576. The van der Waals surface area contributed by atoms with Crippen LogP contribution in [-0.2, 0) is 11.2 Å². The molecule has 8 heteroatoms. The average molecular weight is 464 g/mol. The van der Waals surface area contributed by atoms with Crippen LogP contribution >= 0.6 is 24.0 Å². The van der Waals surface area contributed by atoms with Crippen LogP contribution in [0.5, 0.6) is 11.5 Å². The van der Waals surface area contributed by atoms with E-state index in [2.05, 4.69) is 15.6 Å². The zero-order chi connectivity index (χ0) is 17.9. The number of aliphatic imine (C=N–C) groups is 1. The number of methoxy groups -OCH3 is 2. The molecule has 0 saturated carbocycles. The Morgan fingerprint density at radius 1 is 1.16 bits per heavy atom. The summed E-state index contributed by atoms with van der Waals surface area (Å²) < 4.78 is 10.5. The van der Waals surface area contributed by atoms with E-state index >= 15 is 0 Å². The molecule has 0 fully saturated rings.